The SMILES string of the molecule is CCOC(=O)C1C(=O)/C(=C/c2c[nH]c3ncccc23)OC1=Nc1cccnc1. The lowest BCUT2D eigenvalue weighted by Crippen LogP contribution is -2.27. The number of aromatic amines is 1. The number of ether oxygens (including phenoxy) is 2. The maximum Gasteiger partial charge on any atom is 0.326 e. The molecular formula is C20H16N4O4. The first kappa shape index (κ1) is 17.6. The van der Waals surface area contributed by atoms with Gasteiger partial charge in [0.2, 0.25) is 11.7 Å². The Kier molecular flexibility index (Phi) is 4.67. The van der Waals surface area contributed by atoms with Crippen molar-refractivity contribution in [2.24, 2.45) is 10.9 Å². The highest BCUT2D eigenvalue weighted by atomic mass is 16.5. The van der Waals surface area contributed by atoms with Gasteiger partial charge in [-0.1, -0.05) is 0 Å². The minimum absolute atomic E-state index is 0.0189. The summed E-state index contributed by atoms with van der Waals surface area (Å²) in [5.41, 5.74) is 1.87. The molecule has 1 N–H and O–H groups in total. The van der Waals surface area contributed by atoms with Crippen LogP contribution in [0.1, 0.15) is 12.5 Å². The largest absolute Gasteiger partial charge is 0.465 e. The van der Waals surface area contributed by atoms with Gasteiger partial charge in [-0.2, -0.15) is 0 Å². The van der Waals surface area contributed by atoms with Crippen molar-refractivity contribution < 1.29 is 19.1 Å². The molecule has 4 rings (SSSR count). The third kappa shape index (κ3) is 3.27. The van der Waals surface area contributed by atoms with E-state index in [1.54, 1.807) is 49.8 Å². The fraction of sp³-hybridized carbons (Fsp3) is 0.150. The van der Waals surface area contributed by atoms with Crippen LogP contribution < -0.4 is 0 Å². The fourth-order valence-corrected chi connectivity index (χ4v) is 2.88. The summed E-state index contributed by atoms with van der Waals surface area (Å²) in [5, 5.41) is 0.830. The number of aliphatic imine (C=N–C) groups is 1. The summed E-state index contributed by atoms with van der Waals surface area (Å²) in [4.78, 5) is 40.7. The number of carbonyl (C=O) groups is 2. The summed E-state index contributed by atoms with van der Waals surface area (Å²) in [5.74, 6) is -2.45. The summed E-state index contributed by atoms with van der Waals surface area (Å²) in [6.45, 7) is 1.82. The predicted octanol–water partition coefficient (Wildman–Crippen LogP) is 2.81. The van der Waals surface area contributed by atoms with Gasteiger partial charge in [0.1, 0.15) is 5.65 Å². The van der Waals surface area contributed by atoms with Crippen molar-refractivity contribution in [1.29, 1.82) is 0 Å². The van der Waals surface area contributed by atoms with Gasteiger partial charge in [0, 0.05) is 29.5 Å². The summed E-state index contributed by atoms with van der Waals surface area (Å²) in [6, 6.07) is 7.07. The minimum atomic E-state index is -1.24. The third-order valence-corrected chi connectivity index (χ3v) is 4.14. The molecule has 0 saturated carbocycles. The Hall–Kier alpha value is -3.81. The molecule has 3 aromatic rings. The molecule has 1 aliphatic rings. The second kappa shape index (κ2) is 7.43. The number of hydrogen-bond donors (Lipinski definition) is 1. The first-order valence-corrected chi connectivity index (χ1v) is 8.68. The number of H-pyrrole nitrogens is 1. The van der Waals surface area contributed by atoms with Crippen LogP contribution in [0.3, 0.4) is 0 Å². The van der Waals surface area contributed by atoms with Gasteiger partial charge in [0.05, 0.1) is 18.5 Å². The molecule has 28 heavy (non-hydrogen) atoms. The van der Waals surface area contributed by atoms with Crippen molar-refractivity contribution in [1.82, 2.24) is 15.0 Å². The van der Waals surface area contributed by atoms with Crippen molar-refractivity contribution in [3.05, 3.63) is 60.4 Å². The van der Waals surface area contributed by atoms with Crippen molar-refractivity contribution in [3.8, 4) is 0 Å². The number of hydrogen-bond acceptors (Lipinski definition) is 7. The molecule has 8 nitrogen and oxygen atoms in total. The summed E-state index contributed by atoms with van der Waals surface area (Å²) in [6.07, 6.45) is 8.07. The van der Waals surface area contributed by atoms with E-state index in [9.17, 15) is 9.59 Å². The molecule has 1 fully saturated rings. The molecule has 1 saturated heterocycles. The van der Waals surface area contributed by atoms with Gasteiger partial charge in [-0.05, 0) is 37.3 Å². The molecule has 3 aromatic heterocycles. The van der Waals surface area contributed by atoms with E-state index in [0.29, 0.717) is 11.3 Å². The molecule has 0 aromatic carbocycles. The van der Waals surface area contributed by atoms with Crippen LogP contribution in [0.25, 0.3) is 17.1 Å². The molecule has 1 atom stereocenters. The van der Waals surface area contributed by atoms with Gasteiger partial charge in [0.15, 0.2) is 11.7 Å². The smallest absolute Gasteiger partial charge is 0.326 e. The molecule has 0 amide bonds. The lowest BCUT2D eigenvalue weighted by Gasteiger charge is -2.06. The summed E-state index contributed by atoms with van der Waals surface area (Å²) >= 11 is 0. The van der Waals surface area contributed by atoms with Crippen molar-refractivity contribution in [2.45, 2.75) is 6.92 Å². The Morgan fingerprint density at radius 1 is 1.36 bits per heavy atom. The van der Waals surface area contributed by atoms with Crippen molar-refractivity contribution >= 4 is 40.4 Å². The Morgan fingerprint density at radius 3 is 3.00 bits per heavy atom. The number of rotatable bonds is 4. The van der Waals surface area contributed by atoms with Gasteiger partial charge >= 0.3 is 5.97 Å². The van der Waals surface area contributed by atoms with E-state index in [0.717, 1.165) is 10.9 Å². The average molecular weight is 376 g/mol. The Balaban J connectivity index is 1.74. The molecule has 4 heterocycles. The quantitative estimate of drug-likeness (QED) is 0.426. The minimum Gasteiger partial charge on any atom is -0.465 e. The second-order valence-corrected chi connectivity index (χ2v) is 5.96. The Labute approximate surface area is 159 Å². The van der Waals surface area contributed by atoms with Crippen molar-refractivity contribution in [3.63, 3.8) is 0 Å². The highest BCUT2D eigenvalue weighted by Gasteiger charge is 2.44. The number of Topliss-reactive ketones (excluding diaryl/α,β-unsaturated/α-hetero) is 1. The van der Waals surface area contributed by atoms with Gasteiger partial charge in [-0.3, -0.25) is 14.6 Å². The fourth-order valence-electron chi connectivity index (χ4n) is 2.88. The van der Waals surface area contributed by atoms with Crippen LogP contribution in [0.5, 0.6) is 0 Å². The lowest BCUT2D eigenvalue weighted by atomic mass is 10.0. The van der Waals surface area contributed by atoms with Crippen LogP contribution in [-0.2, 0) is 19.1 Å². The molecule has 0 bridgehead atoms. The molecule has 1 aliphatic heterocycles. The van der Waals surface area contributed by atoms with Crippen LogP contribution in [0.4, 0.5) is 5.69 Å². The van der Waals surface area contributed by atoms with E-state index >= 15 is 0 Å². The molecule has 140 valence electrons. The number of esters is 1. The van der Waals surface area contributed by atoms with E-state index < -0.39 is 17.7 Å². The van der Waals surface area contributed by atoms with Gasteiger partial charge in [-0.15, -0.1) is 0 Å². The van der Waals surface area contributed by atoms with E-state index in [2.05, 4.69) is 19.9 Å². The van der Waals surface area contributed by atoms with Gasteiger partial charge < -0.3 is 14.5 Å². The number of nitrogens with zero attached hydrogens (tertiary/aromatic N) is 3. The van der Waals surface area contributed by atoms with Gasteiger partial charge in [-0.25, -0.2) is 9.98 Å². The van der Waals surface area contributed by atoms with E-state index in [1.165, 1.54) is 6.20 Å². The van der Waals surface area contributed by atoms with Crippen LogP contribution in [0, 0.1) is 5.92 Å². The monoisotopic (exact) mass is 376 g/mol. The molecule has 0 radical (unpaired) electrons. The highest BCUT2D eigenvalue weighted by molar-refractivity contribution is 6.27. The summed E-state index contributed by atoms with van der Waals surface area (Å²) < 4.78 is 10.7. The lowest BCUT2D eigenvalue weighted by molar-refractivity contribution is -0.147. The molecule has 1 unspecified atom stereocenters. The molecule has 0 aliphatic carbocycles. The maximum absolute atomic E-state index is 12.9. The molecular weight excluding hydrogens is 360 g/mol. The standard InChI is InChI=1S/C20H16N4O4/c1-2-27-20(26)16-17(25)15(28-19(16)24-13-5-3-7-21-11-13)9-12-10-23-18-14(12)6-4-8-22-18/h3-11,16H,2H2,1H3,(H,22,23)/b15-9-,24-19?. The number of nitrogens with one attached hydrogen (secondary N) is 1. The topological polar surface area (TPSA) is 107 Å². The number of allylic oxidation sites excluding steroid dienone is 1. The highest BCUT2D eigenvalue weighted by Crippen LogP contribution is 2.29. The second-order valence-electron chi connectivity index (χ2n) is 5.96. The third-order valence-electron chi connectivity index (χ3n) is 4.14. The van der Waals surface area contributed by atoms with E-state index in [-0.39, 0.29) is 18.3 Å². The molecule has 0 spiro atoms. The average Bonchev–Trinajstić information content (AvgIpc) is 3.24. The zero-order valence-electron chi connectivity index (χ0n) is 15.0. The Bertz CT molecular complexity index is 1100. The van der Waals surface area contributed by atoms with E-state index in [4.69, 9.17) is 9.47 Å². The van der Waals surface area contributed by atoms with Crippen LogP contribution in [0.15, 0.2) is 59.8 Å². The maximum atomic E-state index is 12.9. The first-order chi connectivity index (χ1) is 13.7. The number of ketones is 1. The van der Waals surface area contributed by atoms with Crippen LogP contribution in [-0.4, -0.2) is 39.2 Å². The van der Waals surface area contributed by atoms with Crippen LogP contribution in [0.2, 0.25) is 0 Å². The molecule has 8 heteroatoms. The number of aromatic nitrogens is 3. The van der Waals surface area contributed by atoms with E-state index in [1.807, 2.05) is 6.07 Å². The Morgan fingerprint density at radius 2 is 2.21 bits per heavy atom. The van der Waals surface area contributed by atoms with Crippen LogP contribution >= 0.6 is 0 Å². The first-order valence-electron chi connectivity index (χ1n) is 8.68. The number of fused-ring (bicyclic) bond motifs is 1. The van der Waals surface area contributed by atoms with Gasteiger partial charge in [0.25, 0.3) is 0 Å². The zero-order valence-corrected chi connectivity index (χ0v) is 15.0. The zero-order chi connectivity index (χ0) is 19.5. The normalized spacial score (nSPS) is 19.3. The van der Waals surface area contributed by atoms with Crippen molar-refractivity contribution in [2.75, 3.05) is 6.61 Å². The predicted molar refractivity (Wildman–Crippen MR) is 102 cm³/mol. The number of carbonyl (C=O) groups excluding carboxylic acids is 2. The number of pyridine rings is 2. The summed E-state index contributed by atoms with van der Waals surface area (Å²) in [7, 11) is 0.